The smallest absolute Gasteiger partial charge is 0.270 e. The topological polar surface area (TPSA) is 105 Å². The van der Waals surface area contributed by atoms with Gasteiger partial charge in [0.1, 0.15) is 17.5 Å². The van der Waals surface area contributed by atoms with E-state index in [4.69, 9.17) is 11.6 Å². The first-order valence-electron chi connectivity index (χ1n) is 6.86. The molecule has 0 saturated carbocycles. The third-order valence-electron chi connectivity index (χ3n) is 3.58. The number of carbonyl (C=O) groups excluding carboxylic acids is 1. The van der Waals surface area contributed by atoms with Crippen LogP contribution < -0.4 is 4.90 Å². The number of nitro groups is 1. The van der Waals surface area contributed by atoms with E-state index in [0.717, 1.165) is 0 Å². The number of nitrogens with zero attached hydrogens (tertiary/aromatic N) is 5. The SMILES string of the molecule is N#Cc1cnn2c1N(C(=O)CCl)CC=C2c1cccc([N+](=O)[O-])c1. The van der Waals surface area contributed by atoms with E-state index < -0.39 is 4.92 Å². The second kappa shape index (κ2) is 6.14. The molecular weight excluding hydrogens is 334 g/mol. The lowest BCUT2D eigenvalue weighted by Crippen LogP contribution is -2.37. The van der Waals surface area contributed by atoms with Gasteiger partial charge in [0.05, 0.1) is 16.8 Å². The van der Waals surface area contributed by atoms with Gasteiger partial charge in [0.15, 0.2) is 5.82 Å². The van der Waals surface area contributed by atoms with Crippen molar-refractivity contribution in [1.29, 1.82) is 5.26 Å². The minimum Gasteiger partial charge on any atom is -0.291 e. The zero-order valence-electron chi connectivity index (χ0n) is 12.2. The summed E-state index contributed by atoms with van der Waals surface area (Å²) in [5.74, 6) is -0.271. The molecule has 2 aromatic rings. The second-order valence-corrected chi connectivity index (χ2v) is 5.21. The van der Waals surface area contributed by atoms with Gasteiger partial charge in [-0.2, -0.15) is 10.4 Å². The quantitative estimate of drug-likeness (QED) is 0.482. The van der Waals surface area contributed by atoms with Crippen LogP contribution in [-0.2, 0) is 4.79 Å². The number of carbonyl (C=O) groups is 1. The summed E-state index contributed by atoms with van der Waals surface area (Å²) in [7, 11) is 0. The molecule has 1 aliphatic heterocycles. The molecule has 3 rings (SSSR count). The summed E-state index contributed by atoms with van der Waals surface area (Å²) in [5.41, 5.74) is 1.30. The summed E-state index contributed by atoms with van der Waals surface area (Å²) in [6, 6.07) is 8.07. The van der Waals surface area contributed by atoms with E-state index in [0.29, 0.717) is 17.1 Å². The lowest BCUT2D eigenvalue weighted by Gasteiger charge is -2.27. The van der Waals surface area contributed by atoms with Crippen LogP contribution in [-0.4, -0.2) is 33.0 Å². The molecule has 24 heavy (non-hydrogen) atoms. The van der Waals surface area contributed by atoms with Gasteiger partial charge in [-0.05, 0) is 6.08 Å². The molecule has 1 aliphatic rings. The summed E-state index contributed by atoms with van der Waals surface area (Å²) in [6.45, 7) is 0.198. The number of hydrogen-bond donors (Lipinski definition) is 0. The van der Waals surface area contributed by atoms with Gasteiger partial charge in [-0.15, -0.1) is 11.6 Å². The number of alkyl halides is 1. The average molecular weight is 344 g/mol. The van der Waals surface area contributed by atoms with Crippen molar-refractivity contribution in [2.24, 2.45) is 0 Å². The maximum absolute atomic E-state index is 12.0. The van der Waals surface area contributed by atoms with E-state index in [1.807, 2.05) is 6.07 Å². The molecule has 0 atom stereocenters. The number of hydrogen-bond acceptors (Lipinski definition) is 5. The predicted molar refractivity (Wildman–Crippen MR) is 86.5 cm³/mol. The van der Waals surface area contributed by atoms with Crippen LogP contribution in [0.4, 0.5) is 11.5 Å². The molecule has 0 bridgehead atoms. The number of halogens is 1. The fraction of sp³-hybridized carbons (Fsp3) is 0.133. The summed E-state index contributed by atoms with van der Waals surface area (Å²) >= 11 is 5.62. The van der Waals surface area contributed by atoms with E-state index >= 15 is 0 Å². The number of fused-ring (bicyclic) bond motifs is 1. The normalized spacial score (nSPS) is 13.0. The highest BCUT2D eigenvalue weighted by atomic mass is 35.5. The van der Waals surface area contributed by atoms with E-state index in [1.165, 1.54) is 27.9 Å². The summed E-state index contributed by atoms with van der Waals surface area (Å²) in [5, 5.41) is 24.4. The number of anilines is 1. The van der Waals surface area contributed by atoms with E-state index in [9.17, 15) is 20.2 Å². The first kappa shape index (κ1) is 15.7. The molecular formula is C15H10ClN5O3. The molecule has 8 nitrogen and oxygen atoms in total. The Labute approximate surface area is 141 Å². The van der Waals surface area contributed by atoms with Gasteiger partial charge >= 0.3 is 0 Å². The first-order chi connectivity index (χ1) is 11.6. The maximum Gasteiger partial charge on any atom is 0.270 e. The van der Waals surface area contributed by atoms with Gasteiger partial charge in [0, 0.05) is 24.2 Å². The number of amides is 1. The largest absolute Gasteiger partial charge is 0.291 e. The zero-order chi connectivity index (χ0) is 17.3. The van der Waals surface area contributed by atoms with Crippen LogP contribution in [0.5, 0.6) is 0 Å². The minimum atomic E-state index is -0.485. The first-order valence-corrected chi connectivity index (χ1v) is 7.40. The highest BCUT2D eigenvalue weighted by Crippen LogP contribution is 2.32. The van der Waals surface area contributed by atoms with Crippen LogP contribution in [0.1, 0.15) is 11.1 Å². The number of nitriles is 1. The Morgan fingerprint density at radius 2 is 2.29 bits per heavy atom. The number of aromatic nitrogens is 2. The summed E-state index contributed by atoms with van der Waals surface area (Å²) in [4.78, 5) is 23.8. The van der Waals surface area contributed by atoms with Crippen molar-refractivity contribution in [2.45, 2.75) is 0 Å². The van der Waals surface area contributed by atoms with Crippen LogP contribution in [0.25, 0.3) is 5.70 Å². The average Bonchev–Trinajstić information content (AvgIpc) is 3.04. The fourth-order valence-electron chi connectivity index (χ4n) is 2.52. The number of rotatable bonds is 3. The van der Waals surface area contributed by atoms with Gasteiger partial charge in [0.2, 0.25) is 5.91 Å². The summed E-state index contributed by atoms with van der Waals surface area (Å²) < 4.78 is 1.42. The molecule has 0 aliphatic carbocycles. The van der Waals surface area contributed by atoms with Crippen molar-refractivity contribution in [3.63, 3.8) is 0 Å². The Hall–Kier alpha value is -3.18. The molecule has 1 aromatic heterocycles. The van der Waals surface area contributed by atoms with E-state index in [1.54, 1.807) is 18.2 Å². The molecule has 0 radical (unpaired) electrons. The fourth-order valence-corrected chi connectivity index (χ4v) is 2.66. The van der Waals surface area contributed by atoms with Crippen molar-refractivity contribution in [1.82, 2.24) is 9.78 Å². The highest BCUT2D eigenvalue weighted by molar-refractivity contribution is 6.29. The van der Waals surface area contributed by atoms with Crippen molar-refractivity contribution in [3.8, 4) is 6.07 Å². The molecule has 0 spiro atoms. The third-order valence-corrected chi connectivity index (χ3v) is 3.81. The van der Waals surface area contributed by atoms with Gasteiger partial charge in [0.25, 0.3) is 5.69 Å². The van der Waals surface area contributed by atoms with Crippen LogP contribution in [0.3, 0.4) is 0 Å². The van der Waals surface area contributed by atoms with Crippen LogP contribution in [0.15, 0.2) is 36.5 Å². The monoisotopic (exact) mass is 343 g/mol. The molecule has 120 valence electrons. The van der Waals surface area contributed by atoms with Gasteiger partial charge in [-0.1, -0.05) is 12.1 Å². The van der Waals surface area contributed by atoms with Crippen LogP contribution in [0.2, 0.25) is 0 Å². The minimum absolute atomic E-state index is 0.0538. The molecule has 0 unspecified atom stereocenters. The number of nitro benzene ring substituents is 1. The van der Waals surface area contributed by atoms with Gasteiger partial charge in [-0.3, -0.25) is 19.8 Å². The molecule has 1 amide bonds. The Morgan fingerprint density at radius 1 is 1.50 bits per heavy atom. The summed E-state index contributed by atoms with van der Waals surface area (Å²) in [6.07, 6.45) is 3.06. The highest BCUT2D eigenvalue weighted by Gasteiger charge is 2.28. The zero-order valence-corrected chi connectivity index (χ0v) is 13.0. The predicted octanol–water partition coefficient (Wildman–Crippen LogP) is 2.14. The second-order valence-electron chi connectivity index (χ2n) is 4.94. The lowest BCUT2D eigenvalue weighted by atomic mass is 10.1. The molecule has 0 fully saturated rings. The Kier molecular flexibility index (Phi) is 4.02. The van der Waals surface area contributed by atoms with Crippen molar-refractivity contribution >= 4 is 34.7 Å². The Balaban J connectivity index is 2.13. The number of benzene rings is 1. The Morgan fingerprint density at radius 3 is 2.96 bits per heavy atom. The molecule has 0 saturated heterocycles. The molecule has 2 heterocycles. The molecule has 9 heteroatoms. The van der Waals surface area contributed by atoms with Crippen LogP contribution >= 0.6 is 11.6 Å². The van der Waals surface area contributed by atoms with E-state index in [-0.39, 0.29) is 29.6 Å². The molecule has 1 aromatic carbocycles. The van der Waals surface area contributed by atoms with Crippen molar-refractivity contribution in [2.75, 3.05) is 17.3 Å². The van der Waals surface area contributed by atoms with Gasteiger partial charge in [-0.25, -0.2) is 4.68 Å². The molecule has 0 N–H and O–H groups in total. The standard InChI is InChI=1S/C15H10ClN5O3/c16-7-14(22)19-5-4-13(20-15(19)11(8-17)9-18-20)10-2-1-3-12(6-10)21(23)24/h1-4,6,9H,5,7H2. The maximum atomic E-state index is 12.0. The Bertz CT molecular complexity index is 912. The lowest BCUT2D eigenvalue weighted by molar-refractivity contribution is -0.384. The van der Waals surface area contributed by atoms with Crippen molar-refractivity contribution < 1.29 is 9.72 Å². The van der Waals surface area contributed by atoms with Crippen LogP contribution in [0, 0.1) is 21.4 Å². The van der Waals surface area contributed by atoms with Gasteiger partial charge < -0.3 is 0 Å². The van der Waals surface area contributed by atoms with E-state index in [2.05, 4.69) is 5.10 Å². The van der Waals surface area contributed by atoms with Crippen molar-refractivity contribution in [3.05, 3.63) is 57.8 Å². The third kappa shape index (κ3) is 2.51. The number of non-ortho nitro benzene ring substituents is 1.